The van der Waals surface area contributed by atoms with Gasteiger partial charge in [-0.1, -0.05) is 105 Å². The molecule has 0 heterocycles. The first-order valence-corrected chi connectivity index (χ1v) is 20.5. The molecule has 0 nitrogen and oxygen atoms in total. The van der Waals surface area contributed by atoms with Crippen LogP contribution >= 0.6 is 12.6 Å². The maximum atomic E-state index is 5.28. The minimum absolute atomic E-state index is 0.709. The van der Waals surface area contributed by atoms with Crippen molar-refractivity contribution in [2.24, 2.45) is 59.2 Å². The summed E-state index contributed by atoms with van der Waals surface area (Å²) >= 11 is 5.28. The van der Waals surface area contributed by atoms with Crippen LogP contribution in [0.4, 0.5) is 0 Å². The van der Waals surface area contributed by atoms with E-state index in [0.717, 1.165) is 64.1 Å². The van der Waals surface area contributed by atoms with Crippen molar-refractivity contribution in [3.05, 3.63) is 90.0 Å². The summed E-state index contributed by atoms with van der Waals surface area (Å²) in [7, 11) is 0. The van der Waals surface area contributed by atoms with Crippen molar-refractivity contribution in [1.29, 1.82) is 0 Å². The zero-order valence-electron chi connectivity index (χ0n) is 29.0. The van der Waals surface area contributed by atoms with Crippen LogP contribution in [0.25, 0.3) is 33.0 Å². The lowest BCUT2D eigenvalue weighted by Gasteiger charge is -2.67. The Balaban J connectivity index is 0.971. The number of fused-ring (bicyclic) bond motifs is 7. The van der Waals surface area contributed by atoms with Gasteiger partial charge in [-0.15, -0.1) is 12.6 Å². The normalized spacial score (nSPS) is 36.9. The molecule has 6 aliphatic carbocycles. The van der Waals surface area contributed by atoms with Crippen LogP contribution in [0.1, 0.15) is 101 Å². The molecule has 0 spiro atoms. The summed E-state index contributed by atoms with van der Waals surface area (Å²) in [5, 5.41) is 2.61. The van der Waals surface area contributed by atoms with Crippen LogP contribution in [-0.4, -0.2) is 0 Å². The van der Waals surface area contributed by atoms with E-state index >= 15 is 0 Å². The smallest absolute Gasteiger partial charge is 0.0198 e. The summed E-state index contributed by atoms with van der Waals surface area (Å²) in [4.78, 5) is 1.11. The van der Waals surface area contributed by atoms with Gasteiger partial charge in [0, 0.05) is 4.90 Å². The molecule has 0 saturated heterocycles. The van der Waals surface area contributed by atoms with E-state index in [-0.39, 0.29) is 0 Å². The molecule has 10 rings (SSSR count). The Labute approximate surface area is 294 Å². The third-order valence-electron chi connectivity index (χ3n) is 15.7. The summed E-state index contributed by atoms with van der Waals surface area (Å²) in [6.45, 7) is 2.24. The highest BCUT2D eigenvalue weighted by Gasteiger charge is 2.62. The molecule has 0 bridgehead atoms. The van der Waals surface area contributed by atoms with Crippen molar-refractivity contribution in [3.8, 4) is 22.3 Å². The first-order chi connectivity index (χ1) is 23.7. The molecule has 4 aromatic rings. The molecular weight excluding hydrogens is 597 g/mol. The summed E-state index contributed by atoms with van der Waals surface area (Å²) in [6, 6.07) is 29.9. The fourth-order valence-corrected chi connectivity index (χ4v) is 14.6. The summed E-state index contributed by atoms with van der Waals surface area (Å²) < 4.78 is 0. The average Bonchev–Trinajstić information content (AvgIpc) is 3.14. The minimum atomic E-state index is 0.709. The van der Waals surface area contributed by atoms with Crippen molar-refractivity contribution < 1.29 is 0 Å². The van der Waals surface area contributed by atoms with Gasteiger partial charge in [0.2, 0.25) is 0 Å². The zero-order valence-corrected chi connectivity index (χ0v) is 29.9. The van der Waals surface area contributed by atoms with Gasteiger partial charge in [0.05, 0.1) is 0 Å². The Bertz CT molecular complexity index is 1830. The molecule has 4 aromatic carbocycles. The SMILES string of the molecule is Cc1ccc2ccccc2c1-c1cccc(-c2cccc(C3CCC4C(C3)C3CCCC5C6CCCCC6C6CCCC4C6C53)c2)c1S. The third kappa shape index (κ3) is 4.68. The third-order valence-corrected chi connectivity index (χ3v) is 16.2. The fraction of sp³-hybridized carbons (Fsp3) is 0.532. The first-order valence-electron chi connectivity index (χ1n) is 20.1. The van der Waals surface area contributed by atoms with Crippen LogP contribution in [0, 0.1) is 66.1 Å². The second kappa shape index (κ2) is 12.1. The highest BCUT2D eigenvalue weighted by molar-refractivity contribution is 7.80. The molecule has 0 aromatic heterocycles. The van der Waals surface area contributed by atoms with E-state index in [0.29, 0.717) is 5.92 Å². The molecule has 6 fully saturated rings. The molecule has 6 saturated carbocycles. The Hall–Kier alpha value is -2.51. The van der Waals surface area contributed by atoms with Crippen LogP contribution in [-0.2, 0) is 0 Å². The molecule has 0 radical (unpaired) electrons. The van der Waals surface area contributed by atoms with Gasteiger partial charge in [0.25, 0.3) is 0 Å². The van der Waals surface area contributed by atoms with Crippen molar-refractivity contribution in [2.45, 2.75) is 101 Å². The number of aryl methyl sites for hydroxylation is 1. The Morgan fingerprint density at radius 1 is 0.521 bits per heavy atom. The highest BCUT2D eigenvalue weighted by atomic mass is 32.1. The largest absolute Gasteiger partial charge is 0.142 e. The molecule has 11 unspecified atom stereocenters. The summed E-state index contributed by atoms with van der Waals surface area (Å²) in [5.41, 5.74) is 8.09. The molecular formula is C47H54S. The van der Waals surface area contributed by atoms with Gasteiger partial charge in [-0.3, -0.25) is 0 Å². The van der Waals surface area contributed by atoms with Gasteiger partial charge < -0.3 is 0 Å². The lowest BCUT2D eigenvalue weighted by Crippen LogP contribution is -2.61. The molecule has 48 heavy (non-hydrogen) atoms. The maximum Gasteiger partial charge on any atom is 0.0198 e. The molecule has 248 valence electrons. The Morgan fingerprint density at radius 3 is 1.90 bits per heavy atom. The average molecular weight is 651 g/mol. The van der Waals surface area contributed by atoms with Crippen LogP contribution in [0.3, 0.4) is 0 Å². The summed E-state index contributed by atoms with van der Waals surface area (Å²) in [6.07, 6.45) is 19.9. The van der Waals surface area contributed by atoms with Gasteiger partial charge in [0.1, 0.15) is 0 Å². The second-order valence-corrected chi connectivity index (χ2v) is 17.9. The van der Waals surface area contributed by atoms with E-state index in [9.17, 15) is 0 Å². The Morgan fingerprint density at radius 2 is 1.15 bits per heavy atom. The van der Waals surface area contributed by atoms with E-state index in [1.165, 1.54) is 83.5 Å². The van der Waals surface area contributed by atoms with Gasteiger partial charge >= 0.3 is 0 Å². The van der Waals surface area contributed by atoms with E-state index in [1.54, 1.807) is 44.1 Å². The van der Waals surface area contributed by atoms with Crippen molar-refractivity contribution >= 4 is 23.4 Å². The van der Waals surface area contributed by atoms with Gasteiger partial charge in [-0.25, -0.2) is 0 Å². The quantitative estimate of drug-likeness (QED) is 0.210. The Kier molecular flexibility index (Phi) is 7.63. The fourth-order valence-electron chi connectivity index (χ4n) is 14.2. The molecule has 0 amide bonds. The second-order valence-electron chi connectivity index (χ2n) is 17.4. The summed E-state index contributed by atoms with van der Waals surface area (Å²) in [5.74, 6) is 11.3. The van der Waals surface area contributed by atoms with E-state index in [4.69, 9.17) is 12.6 Å². The zero-order chi connectivity index (χ0) is 31.9. The van der Waals surface area contributed by atoms with E-state index in [1.807, 2.05) is 0 Å². The molecule has 6 aliphatic rings. The van der Waals surface area contributed by atoms with Crippen LogP contribution in [0.5, 0.6) is 0 Å². The standard InChI is InChI=1S/C47H54S/c1-28-22-23-29-10-2-3-13-33(29)44(28)42-21-7-16-34(47(42)48)32-12-6-11-30(26-32)31-24-25-37-40-19-8-17-38-35-14-4-5-15-36(35)39-18-9-20-41(43(37)27-31)46(39)45(38)40/h2-3,6-7,10-13,16,21-23,26,31,35-41,43,45-46,48H,4-5,8-9,14-15,17-20,24-25,27H2,1H3. The van der Waals surface area contributed by atoms with Crippen LogP contribution < -0.4 is 0 Å². The maximum absolute atomic E-state index is 5.28. The van der Waals surface area contributed by atoms with Crippen molar-refractivity contribution in [2.75, 3.05) is 0 Å². The van der Waals surface area contributed by atoms with Crippen molar-refractivity contribution in [1.82, 2.24) is 0 Å². The van der Waals surface area contributed by atoms with Crippen LogP contribution in [0.15, 0.2) is 83.8 Å². The number of hydrogen-bond donors (Lipinski definition) is 1. The monoisotopic (exact) mass is 650 g/mol. The minimum Gasteiger partial charge on any atom is -0.142 e. The lowest BCUT2D eigenvalue weighted by molar-refractivity contribution is -0.188. The van der Waals surface area contributed by atoms with Crippen LogP contribution in [0.2, 0.25) is 0 Å². The number of benzene rings is 4. The number of hydrogen-bond acceptors (Lipinski definition) is 1. The molecule has 1 heteroatoms. The van der Waals surface area contributed by atoms with Gasteiger partial charge in [0.15, 0.2) is 0 Å². The predicted molar refractivity (Wildman–Crippen MR) is 204 cm³/mol. The highest BCUT2D eigenvalue weighted by Crippen LogP contribution is 2.69. The van der Waals surface area contributed by atoms with Gasteiger partial charge in [-0.05, 0) is 174 Å². The molecule has 11 atom stereocenters. The van der Waals surface area contributed by atoms with Crippen molar-refractivity contribution in [3.63, 3.8) is 0 Å². The lowest BCUT2D eigenvalue weighted by atomic mass is 9.37. The first kappa shape index (κ1) is 30.3. The molecule has 0 aliphatic heterocycles. The van der Waals surface area contributed by atoms with Gasteiger partial charge in [-0.2, -0.15) is 0 Å². The van der Waals surface area contributed by atoms with E-state index < -0.39 is 0 Å². The molecule has 0 N–H and O–H groups in total. The predicted octanol–water partition coefficient (Wildman–Crippen LogP) is 13.2. The number of thiol groups is 1. The van der Waals surface area contributed by atoms with E-state index in [2.05, 4.69) is 85.8 Å². The number of rotatable bonds is 3. The topological polar surface area (TPSA) is 0 Å².